The molecule has 0 saturated carbocycles. The first kappa shape index (κ1) is 9.32. The number of aldehydes is 1. The van der Waals surface area contributed by atoms with Crippen molar-refractivity contribution in [3.05, 3.63) is 33.8 Å². The summed E-state index contributed by atoms with van der Waals surface area (Å²) in [6.07, 6.45) is -2.19. The van der Waals surface area contributed by atoms with E-state index in [4.69, 9.17) is 0 Å². The Kier molecular flexibility index (Phi) is 2.92. The van der Waals surface area contributed by atoms with E-state index in [1.165, 1.54) is 12.1 Å². The highest BCUT2D eigenvalue weighted by Crippen LogP contribution is 2.26. The Morgan fingerprint density at radius 1 is 1.42 bits per heavy atom. The minimum atomic E-state index is -2.61. The van der Waals surface area contributed by atoms with Gasteiger partial charge in [-0.05, 0) is 6.07 Å². The molecule has 0 unspecified atom stereocenters. The van der Waals surface area contributed by atoms with Crippen LogP contribution in [0.3, 0.4) is 0 Å². The van der Waals surface area contributed by atoms with E-state index >= 15 is 0 Å². The lowest BCUT2D eigenvalue weighted by atomic mass is 10.1. The molecule has 0 amide bonds. The molecule has 1 rings (SSSR count). The van der Waals surface area contributed by atoms with Gasteiger partial charge in [0.25, 0.3) is 6.43 Å². The Balaban J connectivity index is 3.27. The second kappa shape index (κ2) is 3.76. The van der Waals surface area contributed by atoms with Crippen molar-refractivity contribution in [2.75, 3.05) is 0 Å². The first-order valence-corrected chi connectivity index (χ1v) is 3.98. The lowest BCUT2D eigenvalue weighted by molar-refractivity contribution is 0.110. The van der Waals surface area contributed by atoms with Crippen molar-refractivity contribution < 1.29 is 13.6 Å². The zero-order valence-electron chi connectivity index (χ0n) is 5.93. The maximum absolute atomic E-state index is 12.2. The molecule has 0 aliphatic rings. The summed E-state index contributed by atoms with van der Waals surface area (Å²) in [7, 11) is 0. The van der Waals surface area contributed by atoms with Crippen molar-refractivity contribution in [2.24, 2.45) is 0 Å². The molecule has 4 heteroatoms. The van der Waals surface area contributed by atoms with E-state index in [0.29, 0.717) is 10.8 Å². The number of hydrogen-bond acceptors (Lipinski definition) is 1. The fraction of sp³-hybridized carbons (Fsp3) is 0.125. The van der Waals surface area contributed by atoms with Crippen LogP contribution in [-0.2, 0) is 0 Å². The number of halogens is 3. The number of benzene rings is 1. The fourth-order valence-corrected chi connectivity index (χ4v) is 1.34. The van der Waals surface area contributed by atoms with Gasteiger partial charge in [-0.15, -0.1) is 0 Å². The number of hydrogen-bond donors (Lipinski definition) is 0. The molecule has 12 heavy (non-hydrogen) atoms. The molecular formula is C8H5BrF2O. The lowest BCUT2D eigenvalue weighted by Crippen LogP contribution is -1.93. The van der Waals surface area contributed by atoms with Gasteiger partial charge in [-0.25, -0.2) is 8.78 Å². The third-order valence-corrected chi connectivity index (χ3v) is 2.13. The van der Waals surface area contributed by atoms with Crippen molar-refractivity contribution in [3.8, 4) is 0 Å². The summed E-state index contributed by atoms with van der Waals surface area (Å²) in [4.78, 5) is 10.4. The smallest absolute Gasteiger partial charge is 0.264 e. The summed E-state index contributed by atoms with van der Waals surface area (Å²) in [5, 5.41) is 0. The number of carbonyl (C=O) groups is 1. The zero-order chi connectivity index (χ0) is 9.14. The maximum atomic E-state index is 12.2. The van der Waals surface area contributed by atoms with Crippen LogP contribution in [0.1, 0.15) is 22.3 Å². The van der Waals surface area contributed by atoms with Gasteiger partial charge in [-0.2, -0.15) is 0 Å². The summed E-state index contributed by atoms with van der Waals surface area (Å²) >= 11 is 3.01. The van der Waals surface area contributed by atoms with Gasteiger partial charge in [-0.3, -0.25) is 4.79 Å². The average molecular weight is 235 g/mol. The van der Waals surface area contributed by atoms with Gasteiger partial charge in [0.05, 0.1) is 0 Å². The summed E-state index contributed by atoms with van der Waals surface area (Å²) in [6.45, 7) is 0. The highest BCUT2D eigenvalue weighted by atomic mass is 79.9. The number of carbonyl (C=O) groups excluding carboxylic acids is 1. The van der Waals surface area contributed by atoms with Gasteiger partial charge in [0.1, 0.15) is 0 Å². The van der Waals surface area contributed by atoms with Crippen LogP contribution in [0, 0.1) is 0 Å². The third kappa shape index (κ3) is 1.69. The third-order valence-electron chi connectivity index (χ3n) is 1.44. The Morgan fingerprint density at radius 2 is 2.08 bits per heavy atom. The lowest BCUT2D eigenvalue weighted by Gasteiger charge is -2.03. The second-order valence-corrected chi connectivity index (χ2v) is 3.02. The van der Waals surface area contributed by atoms with E-state index in [0.717, 1.165) is 0 Å². The van der Waals surface area contributed by atoms with E-state index in [1.54, 1.807) is 6.07 Å². The highest BCUT2D eigenvalue weighted by Gasteiger charge is 2.13. The Morgan fingerprint density at radius 3 is 2.50 bits per heavy atom. The Hall–Kier alpha value is -0.770. The molecule has 1 aromatic rings. The first-order chi connectivity index (χ1) is 5.66. The van der Waals surface area contributed by atoms with Crippen LogP contribution < -0.4 is 0 Å². The van der Waals surface area contributed by atoms with Crippen molar-refractivity contribution in [1.82, 2.24) is 0 Å². The molecule has 1 aromatic carbocycles. The molecule has 0 atom stereocenters. The molecule has 0 N–H and O–H groups in total. The molecule has 0 heterocycles. The van der Waals surface area contributed by atoms with Gasteiger partial charge >= 0.3 is 0 Å². The first-order valence-electron chi connectivity index (χ1n) is 3.18. The minimum Gasteiger partial charge on any atom is -0.298 e. The molecule has 0 spiro atoms. The topological polar surface area (TPSA) is 17.1 Å². The van der Waals surface area contributed by atoms with Crippen LogP contribution in [-0.4, -0.2) is 6.29 Å². The SMILES string of the molecule is O=Cc1c(Br)cccc1C(F)F. The second-order valence-electron chi connectivity index (χ2n) is 2.16. The minimum absolute atomic E-state index is 0.0208. The molecule has 0 aromatic heterocycles. The van der Waals surface area contributed by atoms with E-state index in [1.807, 2.05) is 0 Å². The predicted molar refractivity (Wildman–Crippen MR) is 44.5 cm³/mol. The van der Waals surface area contributed by atoms with Gasteiger partial charge in [-0.1, -0.05) is 28.1 Å². The van der Waals surface area contributed by atoms with Crippen LogP contribution in [0.5, 0.6) is 0 Å². The van der Waals surface area contributed by atoms with Crippen molar-refractivity contribution in [2.45, 2.75) is 6.43 Å². The Labute approximate surface area is 76.5 Å². The number of rotatable bonds is 2. The van der Waals surface area contributed by atoms with Crippen molar-refractivity contribution >= 4 is 22.2 Å². The monoisotopic (exact) mass is 234 g/mol. The van der Waals surface area contributed by atoms with E-state index in [2.05, 4.69) is 15.9 Å². The molecule has 0 saturated heterocycles. The van der Waals surface area contributed by atoms with Crippen LogP contribution in [0.25, 0.3) is 0 Å². The molecule has 64 valence electrons. The van der Waals surface area contributed by atoms with Gasteiger partial charge in [0.15, 0.2) is 6.29 Å². The molecule has 0 bridgehead atoms. The van der Waals surface area contributed by atoms with E-state index in [9.17, 15) is 13.6 Å². The average Bonchev–Trinajstić information content (AvgIpc) is 2.03. The van der Waals surface area contributed by atoms with Gasteiger partial charge in [0.2, 0.25) is 0 Å². The fourth-order valence-electron chi connectivity index (χ4n) is 0.868. The van der Waals surface area contributed by atoms with Gasteiger partial charge in [0, 0.05) is 15.6 Å². The normalized spacial score (nSPS) is 10.3. The number of alkyl halides is 2. The molecule has 1 nitrogen and oxygen atoms in total. The Bertz CT molecular complexity index is 299. The zero-order valence-corrected chi connectivity index (χ0v) is 7.51. The van der Waals surface area contributed by atoms with Crippen LogP contribution in [0.4, 0.5) is 8.78 Å². The standard InChI is InChI=1S/C8H5BrF2O/c9-7-3-1-2-5(8(10)11)6(7)4-12/h1-4,8H. The van der Waals surface area contributed by atoms with E-state index < -0.39 is 6.43 Å². The molecule has 0 aliphatic carbocycles. The predicted octanol–water partition coefficient (Wildman–Crippen LogP) is 3.20. The van der Waals surface area contributed by atoms with Crippen LogP contribution >= 0.6 is 15.9 Å². The highest BCUT2D eigenvalue weighted by molar-refractivity contribution is 9.10. The molecular weight excluding hydrogens is 230 g/mol. The van der Waals surface area contributed by atoms with Crippen LogP contribution in [0.2, 0.25) is 0 Å². The van der Waals surface area contributed by atoms with Gasteiger partial charge < -0.3 is 0 Å². The largest absolute Gasteiger partial charge is 0.298 e. The van der Waals surface area contributed by atoms with Crippen molar-refractivity contribution in [3.63, 3.8) is 0 Å². The molecule has 0 fully saturated rings. The van der Waals surface area contributed by atoms with E-state index in [-0.39, 0.29) is 11.1 Å². The van der Waals surface area contributed by atoms with Crippen molar-refractivity contribution in [1.29, 1.82) is 0 Å². The summed E-state index contributed by atoms with van der Waals surface area (Å²) in [6, 6.07) is 4.26. The summed E-state index contributed by atoms with van der Waals surface area (Å²) in [5.74, 6) is 0. The maximum Gasteiger partial charge on any atom is 0.264 e. The molecule has 0 aliphatic heterocycles. The molecule has 0 radical (unpaired) electrons. The quantitative estimate of drug-likeness (QED) is 0.719. The summed E-state index contributed by atoms with van der Waals surface area (Å²) < 4.78 is 24.8. The summed E-state index contributed by atoms with van der Waals surface area (Å²) in [5.41, 5.74) is -0.216. The van der Waals surface area contributed by atoms with Crippen LogP contribution in [0.15, 0.2) is 22.7 Å².